The maximum Gasteiger partial charge on any atom is 0.416 e. The maximum absolute atomic E-state index is 13.9. The minimum Gasteiger partial charge on any atom is -0.287 e. The van der Waals surface area contributed by atoms with Crippen LogP contribution >= 0.6 is 0 Å². The van der Waals surface area contributed by atoms with Crippen LogP contribution in [0.3, 0.4) is 0 Å². The minimum absolute atomic E-state index is 0.0379. The van der Waals surface area contributed by atoms with E-state index in [-0.39, 0.29) is 23.6 Å². The number of halogens is 6. The molecule has 1 aromatic heterocycles. The number of ketones is 1. The summed E-state index contributed by atoms with van der Waals surface area (Å²) in [4.78, 5) is 23.5. The molecule has 11 aliphatic carbocycles. The van der Waals surface area contributed by atoms with Crippen molar-refractivity contribution in [3.05, 3.63) is 167 Å². The SMILES string of the molecule is O=C(c1cc(C(F)(F)F)cc(C(F)(F)F)c1)c1cnc2c(n1)CC1=C(C2)C2=c3ccc4c5ccc6c7c8c9c%10c%11c%12c(c3c4c(c%129)c75)C2C2C1=C1C=CC3C(C1=C%112)C=%10C1C3C=CC6C81. The summed E-state index contributed by atoms with van der Waals surface area (Å²) in [6.45, 7) is 0. The van der Waals surface area contributed by atoms with E-state index in [0.717, 1.165) is 0 Å². The van der Waals surface area contributed by atoms with Crippen molar-refractivity contribution in [2.24, 2.45) is 29.6 Å². The fourth-order valence-corrected chi connectivity index (χ4v) is 17.0. The van der Waals surface area contributed by atoms with Crippen LogP contribution in [0.5, 0.6) is 0 Å². The first kappa shape index (κ1) is 32.1. The Labute approximate surface area is 356 Å². The van der Waals surface area contributed by atoms with Gasteiger partial charge in [-0.15, -0.1) is 0 Å². The van der Waals surface area contributed by atoms with Gasteiger partial charge in [0, 0.05) is 48.0 Å². The van der Waals surface area contributed by atoms with E-state index >= 15 is 0 Å². The average molecular weight is 843 g/mol. The lowest BCUT2D eigenvalue weighted by atomic mass is 9.60. The Morgan fingerprint density at radius 3 is 2.19 bits per heavy atom. The summed E-state index contributed by atoms with van der Waals surface area (Å²) in [5.41, 5.74) is 14.4. The van der Waals surface area contributed by atoms with Gasteiger partial charge in [0.25, 0.3) is 0 Å². The molecule has 0 saturated heterocycles. The third kappa shape index (κ3) is 2.88. The lowest BCUT2D eigenvalue weighted by molar-refractivity contribution is -0.143. The van der Waals surface area contributed by atoms with E-state index in [1.165, 1.54) is 116 Å². The molecular weight excluding hydrogens is 819 g/mol. The topological polar surface area (TPSA) is 42.9 Å². The molecule has 0 amide bonds. The summed E-state index contributed by atoms with van der Waals surface area (Å²) in [6.07, 6.45) is 1.98. The average Bonchev–Trinajstić information content (AvgIpc) is 4.12. The Morgan fingerprint density at radius 2 is 1.38 bits per heavy atom. The van der Waals surface area contributed by atoms with Crippen molar-refractivity contribution in [1.82, 2.24) is 9.97 Å². The van der Waals surface area contributed by atoms with E-state index < -0.39 is 34.8 Å². The lowest BCUT2D eigenvalue weighted by Crippen LogP contribution is -2.35. The monoisotopic (exact) mass is 842 g/mol. The number of fused-ring (bicyclic) bond motifs is 6. The first-order valence-corrected chi connectivity index (χ1v) is 22.3. The zero-order valence-corrected chi connectivity index (χ0v) is 33.0. The van der Waals surface area contributed by atoms with Gasteiger partial charge in [-0.1, -0.05) is 48.6 Å². The van der Waals surface area contributed by atoms with Crippen molar-refractivity contribution in [2.45, 2.75) is 42.9 Å². The largest absolute Gasteiger partial charge is 0.416 e. The molecule has 8 atom stereocenters. The van der Waals surface area contributed by atoms with Crippen LogP contribution in [0.25, 0.3) is 70.6 Å². The third-order valence-corrected chi connectivity index (χ3v) is 18.6. The number of allylic oxidation sites excluding steroid dienone is 10. The number of carbonyl (C=O) groups is 1. The first-order valence-electron chi connectivity index (χ1n) is 22.3. The van der Waals surface area contributed by atoms with Crippen molar-refractivity contribution in [3.63, 3.8) is 0 Å². The van der Waals surface area contributed by atoms with Crippen LogP contribution in [-0.2, 0) is 25.2 Å². The van der Waals surface area contributed by atoms with Gasteiger partial charge in [0.15, 0.2) is 0 Å². The number of carbonyl (C=O) groups excluding carboxylic acids is 1. The molecule has 0 spiro atoms. The van der Waals surface area contributed by atoms with E-state index in [1.807, 2.05) is 0 Å². The van der Waals surface area contributed by atoms with Gasteiger partial charge in [0.05, 0.1) is 28.7 Å². The van der Waals surface area contributed by atoms with Gasteiger partial charge in [-0.05, 0) is 167 Å². The molecule has 302 valence electrons. The van der Waals surface area contributed by atoms with E-state index in [1.54, 1.807) is 21.7 Å². The number of hydrogen-bond acceptors (Lipinski definition) is 3. The number of rotatable bonds is 2. The van der Waals surface area contributed by atoms with Gasteiger partial charge >= 0.3 is 12.4 Å². The normalized spacial score (nSPS) is 29.3. The molecule has 1 saturated carbocycles. The van der Waals surface area contributed by atoms with Crippen molar-refractivity contribution < 1.29 is 31.1 Å². The van der Waals surface area contributed by atoms with Gasteiger partial charge in [0.1, 0.15) is 5.69 Å². The summed E-state index contributed by atoms with van der Waals surface area (Å²) in [7, 11) is 0. The molecule has 1 heterocycles. The fourth-order valence-electron chi connectivity index (χ4n) is 17.0. The van der Waals surface area contributed by atoms with Crippen molar-refractivity contribution in [2.75, 3.05) is 0 Å². The van der Waals surface area contributed by atoms with Crippen LogP contribution in [0.1, 0.15) is 78.6 Å². The Kier molecular flexibility index (Phi) is 4.53. The zero-order valence-electron chi connectivity index (χ0n) is 33.0. The second-order valence-electron chi connectivity index (χ2n) is 20.5. The molecule has 8 aromatic rings. The highest BCUT2D eigenvalue weighted by molar-refractivity contribution is 6.47. The molecule has 11 aliphatic rings. The minimum atomic E-state index is -5.09. The van der Waals surface area contributed by atoms with Crippen molar-refractivity contribution in [1.29, 1.82) is 0 Å². The summed E-state index contributed by atoms with van der Waals surface area (Å²) in [5.74, 6) is 1.53. The third-order valence-electron chi connectivity index (χ3n) is 18.6. The Balaban J connectivity index is 0.909. The molecule has 1 fully saturated rings. The fraction of sp³-hybridized carbons (Fsp3) is 0.218. The summed E-state index contributed by atoms with van der Waals surface area (Å²) in [6, 6.07) is 10.6. The van der Waals surface area contributed by atoms with E-state index in [0.29, 0.717) is 71.9 Å². The van der Waals surface area contributed by atoms with Crippen LogP contribution in [0, 0.1) is 29.6 Å². The molecule has 19 rings (SSSR count). The molecule has 9 heteroatoms. The second-order valence-corrected chi connectivity index (χ2v) is 20.5. The van der Waals surface area contributed by atoms with Crippen LogP contribution in [-0.4, -0.2) is 15.8 Å². The van der Waals surface area contributed by atoms with Crippen LogP contribution in [0.15, 0.2) is 101 Å². The highest BCUT2D eigenvalue weighted by atomic mass is 19.4. The molecule has 3 nitrogen and oxygen atoms in total. The van der Waals surface area contributed by atoms with E-state index in [2.05, 4.69) is 48.6 Å². The number of benzene rings is 5. The quantitative estimate of drug-likeness (QED) is 0.0754. The van der Waals surface area contributed by atoms with Gasteiger partial charge in [0.2, 0.25) is 5.78 Å². The molecule has 8 unspecified atom stereocenters. The molecule has 64 heavy (non-hydrogen) atoms. The van der Waals surface area contributed by atoms with E-state index in [9.17, 15) is 31.1 Å². The lowest BCUT2D eigenvalue weighted by Gasteiger charge is -2.42. The van der Waals surface area contributed by atoms with Gasteiger partial charge in [-0.3, -0.25) is 9.78 Å². The molecular formula is C55H24F6N2O. The van der Waals surface area contributed by atoms with Gasteiger partial charge in [-0.2, -0.15) is 26.3 Å². The number of nitrogens with zero attached hydrogens (tertiary/aromatic N) is 2. The predicted molar refractivity (Wildman–Crippen MR) is 228 cm³/mol. The Morgan fingerprint density at radius 1 is 0.625 bits per heavy atom. The molecule has 0 aliphatic heterocycles. The van der Waals surface area contributed by atoms with Gasteiger partial charge in [-0.25, -0.2) is 4.98 Å². The molecule has 0 bridgehead atoms. The summed E-state index contributed by atoms with van der Waals surface area (Å²) < 4.78 is 83.3. The van der Waals surface area contributed by atoms with Crippen LogP contribution in [0.2, 0.25) is 0 Å². The summed E-state index contributed by atoms with van der Waals surface area (Å²) in [5, 5.41) is 17.4. The van der Waals surface area contributed by atoms with Gasteiger partial charge < -0.3 is 0 Å². The first-order chi connectivity index (χ1) is 31.0. The van der Waals surface area contributed by atoms with Crippen molar-refractivity contribution in [3.8, 4) is 0 Å². The highest BCUT2D eigenvalue weighted by Crippen LogP contribution is 2.76. The zero-order chi connectivity index (χ0) is 41.8. The Bertz CT molecular complexity index is 4200. The number of alkyl halides is 6. The number of aromatic nitrogens is 2. The molecule has 7 aromatic carbocycles. The second kappa shape index (κ2) is 9.03. The smallest absolute Gasteiger partial charge is 0.287 e. The molecule has 0 radical (unpaired) electrons. The van der Waals surface area contributed by atoms with Crippen LogP contribution in [0.4, 0.5) is 26.3 Å². The number of hydrogen-bond donors (Lipinski definition) is 0. The van der Waals surface area contributed by atoms with Crippen LogP contribution < -0.4 is 10.4 Å². The standard InChI is InChI=1S/C55H24F6N2O/c56-54(57,58)16-9-15(10-17(11-16)55(59,60)61)53(64)30-14-62-28-12-26-27(13-29(28)63-30)32-25-8-6-23-21-4-2-19-18-1-3-20-22-5-7-24-31(26)41-42(32)47-40(25)38(23)45-36(21)34(19)43-33(18)35(20)44-37(22)39(24)46(41)51-49(44)48(43)50(45)52(47)51/h1-11,14,19,21,23,34,36,38,41-42H,12-13H2. The summed E-state index contributed by atoms with van der Waals surface area (Å²) >= 11 is 0. The van der Waals surface area contributed by atoms with E-state index in [4.69, 9.17) is 9.97 Å². The Hall–Kier alpha value is -6.61. The molecule has 0 N–H and O–H groups in total. The predicted octanol–water partition coefficient (Wildman–Crippen LogP) is 10.9. The highest BCUT2D eigenvalue weighted by Gasteiger charge is 2.64. The van der Waals surface area contributed by atoms with Crippen molar-refractivity contribution >= 4 is 76.4 Å². The maximum atomic E-state index is 13.9.